The Kier molecular flexibility index (Phi) is 4.40. The maximum absolute atomic E-state index is 5.74. The van der Waals surface area contributed by atoms with E-state index in [1.165, 1.54) is 19.3 Å². The van der Waals surface area contributed by atoms with E-state index < -0.39 is 0 Å². The molecule has 12 heavy (non-hydrogen) atoms. The van der Waals surface area contributed by atoms with Crippen molar-refractivity contribution in [2.45, 2.75) is 43.6 Å². The molecule has 2 bridgehead atoms. The van der Waals surface area contributed by atoms with Gasteiger partial charge in [-0.05, 0) is 12.8 Å². The van der Waals surface area contributed by atoms with Crippen molar-refractivity contribution in [1.29, 1.82) is 0 Å². The summed E-state index contributed by atoms with van der Waals surface area (Å²) in [5.74, 6) is 5.74. The lowest BCUT2D eigenvalue weighted by Gasteiger charge is -2.38. The standard InChI is InChI=1S/C7H14N2S.C2H6/c8-9-4-6-2-1-3-7(5-9)10-6;1-2/h6-7H,1-5,8H2;1-2H3. The molecular formula is C9H20N2S. The maximum atomic E-state index is 5.74. The summed E-state index contributed by atoms with van der Waals surface area (Å²) in [4.78, 5) is 0. The molecule has 0 aromatic rings. The average molecular weight is 188 g/mol. The van der Waals surface area contributed by atoms with Gasteiger partial charge in [-0.2, -0.15) is 11.8 Å². The molecule has 2 N–H and O–H groups in total. The molecule has 0 saturated carbocycles. The summed E-state index contributed by atoms with van der Waals surface area (Å²) < 4.78 is 0. The largest absolute Gasteiger partial charge is 0.269 e. The van der Waals surface area contributed by atoms with Crippen molar-refractivity contribution in [3.05, 3.63) is 0 Å². The molecule has 2 aliphatic heterocycles. The maximum Gasteiger partial charge on any atom is 0.0248 e. The topological polar surface area (TPSA) is 29.3 Å². The van der Waals surface area contributed by atoms with Crippen molar-refractivity contribution < 1.29 is 0 Å². The molecule has 2 unspecified atom stereocenters. The zero-order valence-electron chi connectivity index (χ0n) is 8.12. The number of hydrazine groups is 1. The monoisotopic (exact) mass is 188 g/mol. The highest BCUT2D eigenvalue weighted by molar-refractivity contribution is 8.00. The molecule has 2 saturated heterocycles. The number of hydrogen-bond donors (Lipinski definition) is 1. The molecule has 0 aromatic heterocycles. The highest BCUT2D eigenvalue weighted by Crippen LogP contribution is 2.35. The van der Waals surface area contributed by atoms with Crippen molar-refractivity contribution in [1.82, 2.24) is 5.01 Å². The zero-order valence-corrected chi connectivity index (χ0v) is 8.94. The van der Waals surface area contributed by atoms with Crippen molar-refractivity contribution in [3.63, 3.8) is 0 Å². The van der Waals surface area contributed by atoms with Crippen LogP contribution in [0.5, 0.6) is 0 Å². The molecule has 3 heteroatoms. The molecule has 0 radical (unpaired) electrons. The van der Waals surface area contributed by atoms with E-state index in [1.54, 1.807) is 0 Å². The van der Waals surface area contributed by atoms with Crippen LogP contribution in [-0.2, 0) is 0 Å². The third-order valence-electron chi connectivity index (χ3n) is 2.31. The second kappa shape index (κ2) is 5.10. The fraction of sp³-hybridized carbons (Fsp3) is 1.00. The number of nitrogens with zero attached hydrogens (tertiary/aromatic N) is 1. The van der Waals surface area contributed by atoms with E-state index in [0.29, 0.717) is 0 Å². The predicted molar refractivity (Wildman–Crippen MR) is 56.1 cm³/mol. The molecule has 2 heterocycles. The van der Waals surface area contributed by atoms with Crippen molar-refractivity contribution >= 4 is 11.8 Å². The van der Waals surface area contributed by atoms with E-state index in [1.807, 2.05) is 18.9 Å². The Bertz CT molecular complexity index is 114. The molecule has 2 rings (SSSR count). The third kappa shape index (κ3) is 2.64. The Morgan fingerprint density at radius 3 is 2.17 bits per heavy atom. The van der Waals surface area contributed by atoms with Crippen LogP contribution in [0.2, 0.25) is 0 Å². The second-order valence-corrected chi connectivity index (χ2v) is 4.87. The highest BCUT2D eigenvalue weighted by atomic mass is 32.2. The lowest BCUT2D eigenvalue weighted by Crippen LogP contribution is -2.48. The van der Waals surface area contributed by atoms with Gasteiger partial charge in [-0.1, -0.05) is 20.3 Å². The van der Waals surface area contributed by atoms with Gasteiger partial charge >= 0.3 is 0 Å². The van der Waals surface area contributed by atoms with Gasteiger partial charge in [0, 0.05) is 23.6 Å². The minimum absolute atomic E-state index is 0.845. The van der Waals surface area contributed by atoms with Gasteiger partial charge in [0.2, 0.25) is 0 Å². The average Bonchev–Trinajstić information content (AvgIpc) is 2.07. The van der Waals surface area contributed by atoms with Crippen LogP contribution in [0.15, 0.2) is 0 Å². The van der Waals surface area contributed by atoms with Crippen LogP contribution >= 0.6 is 11.8 Å². The van der Waals surface area contributed by atoms with E-state index >= 15 is 0 Å². The third-order valence-corrected chi connectivity index (χ3v) is 3.85. The summed E-state index contributed by atoms with van der Waals surface area (Å²) in [7, 11) is 0. The Morgan fingerprint density at radius 1 is 1.17 bits per heavy atom. The molecule has 2 atom stereocenters. The van der Waals surface area contributed by atoms with Gasteiger partial charge in [-0.3, -0.25) is 5.84 Å². The van der Waals surface area contributed by atoms with Gasteiger partial charge in [0.05, 0.1) is 0 Å². The van der Waals surface area contributed by atoms with Gasteiger partial charge in [0.15, 0.2) is 0 Å². The van der Waals surface area contributed by atoms with Gasteiger partial charge in [-0.15, -0.1) is 0 Å². The molecule has 0 spiro atoms. The molecule has 0 aromatic carbocycles. The SMILES string of the molecule is CC.NN1CC2CCCC(C1)S2. The number of hydrogen-bond acceptors (Lipinski definition) is 3. The number of thioether (sulfide) groups is 1. The summed E-state index contributed by atoms with van der Waals surface area (Å²) in [6.45, 7) is 6.22. The minimum Gasteiger partial charge on any atom is -0.269 e. The summed E-state index contributed by atoms with van der Waals surface area (Å²) >= 11 is 2.16. The second-order valence-electron chi connectivity index (χ2n) is 3.26. The van der Waals surface area contributed by atoms with Gasteiger partial charge in [0.1, 0.15) is 0 Å². The van der Waals surface area contributed by atoms with Crippen LogP contribution in [0.25, 0.3) is 0 Å². The summed E-state index contributed by atoms with van der Waals surface area (Å²) in [5.41, 5.74) is 0. The first-order chi connectivity index (χ1) is 5.84. The summed E-state index contributed by atoms with van der Waals surface area (Å²) in [6, 6.07) is 0. The van der Waals surface area contributed by atoms with E-state index in [4.69, 9.17) is 5.84 Å². The van der Waals surface area contributed by atoms with Crippen LogP contribution in [0.3, 0.4) is 0 Å². The van der Waals surface area contributed by atoms with E-state index in [-0.39, 0.29) is 0 Å². The highest BCUT2D eigenvalue weighted by Gasteiger charge is 2.29. The zero-order chi connectivity index (χ0) is 8.97. The molecule has 2 nitrogen and oxygen atoms in total. The molecule has 2 aliphatic rings. The van der Waals surface area contributed by atoms with Crippen molar-refractivity contribution in [2.75, 3.05) is 13.1 Å². The van der Waals surface area contributed by atoms with Crippen LogP contribution in [-0.4, -0.2) is 28.6 Å². The van der Waals surface area contributed by atoms with Gasteiger partial charge < -0.3 is 0 Å². The number of rotatable bonds is 0. The van der Waals surface area contributed by atoms with Gasteiger partial charge in [-0.25, -0.2) is 5.01 Å². The van der Waals surface area contributed by atoms with Crippen LogP contribution in [0.1, 0.15) is 33.1 Å². The van der Waals surface area contributed by atoms with E-state index in [9.17, 15) is 0 Å². The molecule has 0 amide bonds. The van der Waals surface area contributed by atoms with Crippen molar-refractivity contribution in [3.8, 4) is 0 Å². The van der Waals surface area contributed by atoms with E-state index in [2.05, 4.69) is 11.8 Å². The van der Waals surface area contributed by atoms with E-state index in [0.717, 1.165) is 23.6 Å². The molecule has 72 valence electrons. The first-order valence-electron chi connectivity index (χ1n) is 5.00. The van der Waals surface area contributed by atoms with Crippen molar-refractivity contribution in [2.24, 2.45) is 5.84 Å². The molecule has 2 fully saturated rings. The fourth-order valence-electron chi connectivity index (χ4n) is 1.85. The summed E-state index contributed by atoms with van der Waals surface area (Å²) in [6.07, 6.45) is 4.19. The first kappa shape index (κ1) is 10.4. The smallest absolute Gasteiger partial charge is 0.0248 e. The number of fused-ring (bicyclic) bond motifs is 2. The summed E-state index contributed by atoms with van der Waals surface area (Å²) in [5, 5.41) is 3.68. The first-order valence-corrected chi connectivity index (χ1v) is 5.94. The molecule has 0 aliphatic carbocycles. The lowest BCUT2D eigenvalue weighted by atomic mass is 10.1. The Labute approximate surface area is 79.8 Å². The molecular weight excluding hydrogens is 168 g/mol. The minimum atomic E-state index is 0.845. The normalized spacial score (nSPS) is 35.2. The quantitative estimate of drug-likeness (QED) is 0.588. The van der Waals surface area contributed by atoms with Gasteiger partial charge in [0.25, 0.3) is 0 Å². The van der Waals surface area contributed by atoms with Crippen LogP contribution in [0, 0.1) is 0 Å². The predicted octanol–water partition coefficient (Wildman–Crippen LogP) is 1.86. The lowest BCUT2D eigenvalue weighted by molar-refractivity contribution is 0.250. The Hall–Kier alpha value is 0.270. The number of nitrogens with two attached hydrogens (primary N) is 1. The van der Waals surface area contributed by atoms with Crippen LogP contribution in [0.4, 0.5) is 0 Å². The fourth-order valence-corrected chi connectivity index (χ4v) is 3.55. The Balaban J connectivity index is 0.000000336. The Morgan fingerprint density at radius 2 is 1.67 bits per heavy atom. The van der Waals surface area contributed by atoms with Crippen LogP contribution < -0.4 is 5.84 Å².